The molecule has 0 saturated carbocycles. The lowest BCUT2D eigenvalue weighted by Gasteiger charge is -2.24. The van der Waals surface area contributed by atoms with Gasteiger partial charge in [0.1, 0.15) is 11.6 Å². The van der Waals surface area contributed by atoms with Crippen molar-refractivity contribution < 1.29 is 9.84 Å². The molecule has 0 amide bonds. The van der Waals surface area contributed by atoms with Crippen molar-refractivity contribution in [2.75, 3.05) is 37.9 Å². The lowest BCUT2D eigenvalue weighted by atomic mass is 10.0. The van der Waals surface area contributed by atoms with Gasteiger partial charge in [-0.25, -0.2) is 4.98 Å². The van der Waals surface area contributed by atoms with Crippen LogP contribution in [0.25, 0.3) is 0 Å². The second-order valence-electron chi connectivity index (χ2n) is 4.49. The zero-order chi connectivity index (χ0) is 14.5. The molecule has 1 aromatic rings. The van der Waals surface area contributed by atoms with E-state index in [1.165, 1.54) is 0 Å². The van der Waals surface area contributed by atoms with Gasteiger partial charge in [-0.2, -0.15) is 0 Å². The largest absolute Gasteiger partial charge is 0.388 e. The number of rotatable bonds is 7. The number of methoxy groups -OCH3 is 1. The van der Waals surface area contributed by atoms with E-state index >= 15 is 0 Å². The quantitative estimate of drug-likeness (QED) is 0.722. The number of aliphatic hydroxyl groups is 1. The normalized spacial score (nSPS) is 14.0. The van der Waals surface area contributed by atoms with E-state index in [1.54, 1.807) is 27.1 Å². The molecule has 1 rings (SSSR count). The van der Waals surface area contributed by atoms with Crippen molar-refractivity contribution in [1.29, 1.82) is 0 Å². The number of nitrogens with one attached hydrogen (secondary N) is 2. The molecule has 3 N–H and O–H groups in total. The molecule has 0 radical (unpaired) electrons. The molecule has 0 bridgehead atoms. The van der Waals surface area contributed by atoms with Crippen LogP contribution in [-0.2, 0) is 4.74 Å². The molecule has 108 valence electrons. The Balaban J connectivity index is 2.72. The molecule has 0 saturated heterocycles. The third kappa shape index (κ3) is 5.03. The van der Waals surface area contributed by atoms with E-state index in [9.17, 15) is 5.11 Å². The van der Waals surface area contributed by atoms with Crippen LogP contribution in [0.5, 0.6) is 0 Å². The van der Waals surface area contributed by atoms with Gasteiger partial charge in [-0.15, -0.1) is 0 Å². The number of ether oxygens (including phenoxy) is 1. The van der Waals surface area contributed by atoms with Gasteiger partial charge in [0.15, 0.2) is 0 Å². The van der Waals surface area contributed by atoms with E-state index in [-0.39, 0.29) is 0 Å². The van der Waals surface area contributed by atoms with Crippen molar-refractivity contribution in [3.05, 3.63) is 16.1 Å². The third-order valence-electron chi connectivity index (χ3n) is 2.65. The summed E-state index contributed by atoms with van der Waals surface area (Å²) < 4.78 is 4.95. The summed E-state index contributed by atoms with van der Waals surface area (Å²) in [6, 6.07) is 1.61. The fraction of sp³-hybridized carbons (Fsp3) is 0.583. The van der Waals surface area contributed by atoms with Crippen molar-refractivity contribution in [2.24, 2.45) is 0 Å². The zero-order valence-electron chi connectivity index (χ0n) is 11.3. The van der Waals surface area contributed by atoms with Crippen molar-refractivity contribution in [3.8, 4) is 0 Å². The van der Waals surface area contributed by atoms with E-state index in [4.69, 9.17) is 27.9 Å². The van der Waals surface area contributed by atoms with Gasteiger partial charge >= 0.3 is 0 Å². The molecule has 19 heavy (non-hydrogen) atoms. The summed E-state index contributed by atoms with van der Waals surface area (Å²) in [5.74, 6) is 1.01. The first-order valence-electron chi connectivity index (χ1n) is 5.88. The van der Waals surface area contributed by atoms with Gasteiger partial charge in [0.25, 0.3) is 0 Å². The highest BCUT2D eigenvalue weighted by Gasteiger charge is 2.20. The molecule has 0 fully saturated rings. The van der Waals surface area contributed by atoms with Gasteiger partial charge in [0.05, 0.1) is 15.6 Å². The fourth-order valence-corrected chi connectivity index (χ4v) is 1.97. The standard InChI is InChI=1S/C12H19Cl2N3O2/c1-12(18,4-5-19-3)7-16-11-9(14)6-8(13)10(15-2)17-11/h6,18H,4-5,7H2,1-3H3,(H2,15,16,17). The van der Waals surface area contributed by atoms with E-state index in [2.05, 4.69) is 15.6 Å². The van der Waals surface area contributed by atoms with Crippen molar-refractivity contribution in [1.82, 2.24) is 4.98 Å². The van der Waals surface area contributed by atoms with E-state index in [0.717, 1.165) is 0 Å². The highest BCUT2D eigenvalue weighted by Crippen LogP contribution is 2.29. The Hall–Kier alpha value is -0.750. The molecule has 1 unspecified atom stereocenters. The van der Waals surface area contributed by atoms with Crippen molar-refractivity contribution in [2.45, 2.75) is 18.9 Å². The molecule has 0 aliphatic carbocycles. The monoisotopic (exact) mass is 307 g/mol. The zero-order valence-corrected chi connectivity index (χ0v) is 12.8. The lowest BCUT2D eigenvalue weighted by Crippen LogP contribution is -2.35. The number of aromatic nitrogens is 1. The Morgan fingerprint density at radius 1 is 1.37 bits per heavy atom. The number of anilines is 2. The second kappa shape index (κ2) is 7.14. The minimum absolute atomic E-state index is 0.313. The highest BCUT2D eigenvalue weighted by molar-refractivity contribution is 6.37. The van der Waals surface area contributed by atoms with E-state index in [0.29, 0.717) is 41.3 Å². The number of pyridine rings is 1. The summed E-state index contributed by atoms with van der Waals surface area (Å²) in [7, 11) is 3.32. The maximum absolute atomic E-state index is 10.1. The van der Waals surface area contributed by atoms with Gasteiger partial charge in [-0.1, -0.05) is 23.2 Å². The third-order valence-corrected chi connectivity index (χ3v) is 3.22. The van der Waals surface area contributed by atoms with E-state index < -0.39 is 5.60 Å². The highest BCUT2D eigenvalue weighted by atomic mass is 35.5. The maximum atomic E-state index is 10.1. The average molecular weight is 308 g/mol. The second-order valence-corrected chi connectivity index (χ2v) is 5.31. The first-order chi connectivity index (χ1) is 8.89. The maximum Gasteiger partial charge on any atom is 0.147 e. The predicted octanol–water partition coefficient (Wildman–Crippen LogP) is 2.63. The molecule has 0 spiro atoms. The smallest absolute Gasteiger partial charge is 0.147 e. The van der Waals surface area contributed by atoms with Gasteiger partial charge in [0.2, 0.25) is 0 Å². The summed E-state index contributed by atoms with van der Waals surface area (Å²) in [4.78, 5) is 4.25. The molecule has 5 nitrogen and oxygen atoms in total. The van der Waals surface area contributed by atoms with Crippen LogP contribution < -0.4 is 10.6 Å². The van der Waals surface area contributed by atoms with Gasteiger partial charge in [0, 0.05) is 33.7 Å². The molecular formula is C12H19Cl2N3O2. The Morgan fingerprint density at radius 2 is 2.00 bits per heavy atom. The molecule has 0 aromatic carbocycles. The average Bonchev–Trinajstić information content (AvgIpc) is 2.35. The first-order valence-corrected chi connectivity index (χ1v) is 6.64. The Bertz CT molecular complexity index is 428. The van der Waals surface area contributed by atoms with Crippen LogP contribution in [0.1, 0.15) is 13.3 Å². The Morgan fingerprint density at radius 3 is 2.58 bits per heavy atom. The molecular weight excluding hydrogens is 289 g/mol. The summed E-state index contributed by atoms with van der Waals surface area (Å²) in [6.07, 6.45) is 0.514. The van der Waals surface area contributed by atoms with Crippen LogP contribution >= 0.6 is 23.2 Å². The van der Waals surface area contributed by atoms with Crippen molar-refractivity contribution in [3.63, 3.8) is 0 Å². The van der Waals surface area contributed by atoms with Crippen LogP contribution in [0.3, 0.4) is 0 Å². The van der Waals surface area contributed by atoms with E-state index in [1.807, 2.05) is 0 Å². The summed E-state index contributed by atoms with van der Waals surface area (Å²) in [5, 5.41) is 16.9. The lowest BCUT2D eigenvalue weighted by molar-refractivity contribution is 0.0357. The van der Waals surface area contributed by atoms with Crippen LogP contribution in [0.2, 0.25) is 10.0 Å². The first kappa shape index (κ1) is 16.3. The number of hydrogen-bond acceptors (Lipinski definition) is 5. The van der Waals surface area contributed by atoms with Crippen LogP contribution in [0.4, 0.5) is 11.6 Å². The topological polar surface area (TPSA) is 66.4 Å². The van der Waals surface area contributed by atoms with Gasteiger partial charge < -0.3 is 20.5 Å². The van der Waals surface area contributed by atoms with Crippen LogP contribution in [0.15, 0.2) is 6.07 Å². The molecule has 1 heterocycles. The van der Waals surface area contributed by atoms with Crippen LogP contribution in [-0.4, -0.2) is 43.0 Å². The Labute approximate surface area is 123 Å². The molecule has 1 atom stereocenters. The molecule has 7 heteroatoms. The molecule has 0 aliphatic rings. The molecule has 1 aromatic heterocycles. The molecule has 0 aliphatic heterocycles. The summed E-state index contributed by atoms with van der Waals surface area (Å²) in [5.41, 5.74) is -0.902. The number of halogens is 2. The van der Waals surface area contributed by atoms with Crippen molar-refractivity contribution >= 4 is 34.8 Å². The summed E-state index contributed by atoms with van der Waals surface area (Å²) >= 11 is 12.0. The number of hydrogen-bond donors (Lipinski definition) is 3. The van der Waals surface area contributed by atoms with Gasteiger partial charge in [-0.3, -0.25) is 0 Å². The van der Waals surface area contributed by atoms with Gasteiger partial charge in [-0.05, 0) is 13.0 Å². The minimum atomic E-state index is -0.902. The van der Waals surface area contributed by atoms with Crippen LogP contribution in [0, 0.1) is 0 Å². The minimum Gasteiger partial charge on any atom is -0.388 e. The predicted molar refractivity (Wildman–Crippen MR) is 79.4 cm³/mol. The summed E-state index contributed by atoms with van der Waals surface area (Å²) in [6.45, 7) is 2.52. The number of nitrogens with zero attached hydrogens (tertiary/aromatic N) is 1. The fourth-order valence-electron chi connectivity index (χ4n) is 1.45. The SMILES string of the molecule is CNc1nc(NCC(C)(O)CCOC)c(Cl)cc1Cl. The Kier molecular flexibility index (Phi) is 6.13.